The Hall–Kier alpha value is -0.890. The van der Waals surface area contributed by atoms with Crippen LogP contribution in [0.5, 0.6) is 0 Å². The van der Waals surface area contributed by atoms with Crippen molar-refractivity contribution in [3.8, 4) is 0 Å². The lowest BCUT2D eigenvalue weighted by atomic mass is 10.2. The molecule has 0 radical (unpaired) electrons. The summed E-state index contributed by atoms with van der Waals surface area (Å²) in [4.78, 5) is 0. The van der Waals surface area contributed by atoms with E-state index in [0.29, 0.717) is 6.54 Å². The summed E-state index contributed by atoms with van der Waals surface area (Å²) in [5.41, 5.74) is 6.42. The zero-order chi connectivity index (χ0) is 7.40. The minimum Gasteiger partial charge on any atom is -0.327 e. The number of nitrogens with two attached hydrogens (primary N) is 1. The molecular weight excluding hydrogens is 129 g/mol. The van der Waals surface area contributed by atoms with E-state index < -0.39 is 0 Å². The van der Waals surface area contributed by atoms with Crippen molar-refractivity contribution in [3.05, 3.63) is 35.7 Å². The number of hydrogen-bond acceptors (Lipinski definition) is 1. The lowest BCUT2D eigenvalue weighted by Gasteiger charge is -1.94. The van der Waals surface area contributed by atoms with E-state index in [-0.39, 0.29) is 5.83 Å². The van der Waals surface area contributed by atoms with Crippen LogP contribution in [0.2, 0.25) is 0 Å². The van der Waals surface area contributed by atoms with E-state index >= 15 is 0 Å². The Morgan fingerprint density at radius 2 is 2.30 bits per heavy atom. The third kappa shape index (κ3) is 1.81. The Bertz CT molecular complexity index is 201. The maximum absolute atomic E-state index is 12.4. The fourth-order valence-electron chi connectivity index (χ4n) is 0.795. The summed E-state index contributed by atoms with van der Waals surface area (Å²) in [6.45, 7) is 0.508. The Kier molecular flexibility index (Phi) is 2.40. The molecule has 1 rings (SSSR count). The molecule has 10 heavy (non-hydrogen) atoms. The molecule has 0 spiro atoms. The molecule has 1 nitrogen and oxygen atoms in total. The van der Waals surface area contributed by atoms with Crippen LogP contribution in [-0.2, 0) is 0 Å². The standard InChI is InChI=1S/C8H10FN/c9-8-3-1-2-7(6-10)4-5-8/h1,3-5H,2,6,10H2. The molecule has 0 aliphatic heterocycles. The van der Waals surface area contributed by atoms with E-state index in [1.54, 1.807) is 12.2 Å². The Morgan fingerprint density at radius 1 is 1.50 bits per heavy atom. The molecule has 0 aromatic rings. The first-order chi connectivity index (χ1) is 4.83. The van der Waals surface area contributed by atoms with Gasteiger partial charge in [-0.3, -0.25) is 0 Å². The summed E-state index contributed by atoms with van der Waals surface area (Å²) in [7, 11) is 0. The van der Waals surface area contributed by atoms with Crippen molar-refractivity contribution in [1.29, 1.82) is 0 Å². The first kappa shape index (κ1) is 7.22. The Morgan fingerprint density at radius 3 is 3.00 bits per heavy atom. The number of hydrogen-bond donors (Lipinski definition) is 1. The van der Waals surface area contributed by atoms with Gasteiger partial charge in [0.05, 0.1) is 0 Å². The van der Waals surface area contributed by atoms with Crippen LogP contribution in [-0.4, -0.2) is 6.54 Å². The molecular formula is C8H10FN. The van der Waals surface area contributed by atoms with Gasteiger partial charge in [-0.05, 0) is 18.6 Å². The van der Waals surface area contributed by atoms with Gasteiger partial charge in [0.2, 0.25) is 0 Å². The molecule has 0 aromatic heterocycles. The van der Waals surface area contributed by atoms with E-state index in [1.165, 1.54) is 12.2 Å². The van der Waals surface area contributed by atoms with Crippen molar-refractivity contribution in [2.24, 2.45) is 5.73 Å². The van der Waals surface area contributed by atoms with Gasteiger partial charge in [-0.25, -0.2) is 4.39 Å². The zero-order valence-electron chi connectivity index (χ0n) is 5.68. The summed E-state index contributed by atoms with van der Waals surface area (Å²) >= 11 is 0. The Balaban J connectivity index is 2.74. The van der Waals surface area contributed by atoms with Gasteiger partial charge in [0, 0.05) is 6.54 Å². The maximum atomic E-state index is 12.4. The first-order valence-corrected chi connectivity index (χ1v) is 3.25. The third-order valence-electron chi connectivity index (χ3n) is 1.40. The van der Waals surface area contributed by atoms with Crippen LogP contribution in [0, 0.1) is 0 Å². The van der Waals surface area contributed by atoms with Crippen molar-refractivity contribution in [2.45, 2.75) is 6.42 Å². The molecule has 2 N–H and O–H groups in total. The van der Waals surface area contributed by atoms with Crippen LogP contribution < -0.4 is 5.73 Å². The van der Waals surface area contributed by atoms with Gasteiger partial charge in [0.15, 0.2) is 0 Å². The topological polar surface area (TPSA) is 26.0 Å². The lowest BCUT2D eigenvalue weighted by molar-refractivity contribution is 0.667. The van der Waals surface area contributed by atoms with Crippen molar-refractivity contribution in [3.63, 3.8) is 0 Å². The second kappa shape index (κ2) is 3.32. The summed E-state index contributed by atoms with van der Waals surface area (Å²) in [5, 5.41) is 0. The van der Waals surface area contributed by atoms with E-state index in [2.05, 4.69) is 0 Å². The molecule has 0 heterocycles. The molecule has 54 valence electrons. The molecule has 0 aromatic carbocycles. The van der Waals surface area contributed by atoms with Crippen LogP contribution in [0.25, 0.3) is 0 Å². The predicted octanol–water partition coefficient (Wildman–Crippen LogP) is 1.68. The average Bonchev–Trinajstić information content (AvgIpc) is 2.14. The second-order valence-electron chi connectivity index (χ2n) is 2.19. The lowest BCUT2D eigenvalue weighted by Crippen LogP contribution is -2.01. The van der Waals surface area contributed by atoms with Gasteiger partial charge in [-0.1, -0.05) is 17.7 Å². The van der Waals surface area contributed by atoms with E-state index in [0.717, 1.165) is 12.0 Å². The van der Waals surface area contributed by atoms with E-state index in [4.69, 9.17) is 5.73 Å². The van der Waals surface area contributed by atoms with Crippen molar-refractivity contribution in [1.82, 2.24) is 0 Å². The Labute approximate surface area is 59.7 Å². The molecule has 0 unspecified atom stereocenters. The molecule has 1 aliphatic rings. The monoisotopic (exact) mass is 139 g/mol. The first-order valence-electron chi connectivity index (χ1n) is 3.25. The molecule has 0 saturated carbocycles. The van der Waals surface area contributed by atoms with Gasteiger partial charge in [-0.2, -0.15) is 0 Å². The largest absolute Gasteiger partial charge is 0.327 e. The molecule has 0 atom stereocenters. The normalized spacial score (nSPS) is 17.8. The molecule has 0 saturated heterocycles. The average molecular weight is 139 g/mol. The van der Waals surface area contributed by atoms with Crippen LogP contribution in [0.1, 0.15) is 6.42 Å². The summed E-state index contributed by atoms with van der Waals surface area (Å²) < 4.78 is 12.4. The quantitative estimate of drug-likeness (QED) is 0.587. The van der Waals surface area contributed by atoms with Crippen molar-refractivity contribution in [2.75, 3.05) is 6.54 Å². The van der Waals surface area contributed by atoms with Crippen LogP contribution in [0.4, 0.5) is 4.39 Å². The highest BCUT2D eigenvalue weighted by molar-refractivity contribution is 5.27. The van der Waals surface area contributed by atoms with Crippen LogP contribution in [0.15, 0.2) is 35.7 Å². The molecule has 0 fully saturated rings. The SMILES string of the molecule is NCC1=CC=C(F)C=CC1. The summed E-state index contributed by atoms with van der Waals surface area (Å²) in [5.74, 6) is -0.205. The smallest absolute Gasteiger partial charge is 0.122 e. The fraction of sp³-hybridized carbons (Fsp3) is 0.250. The fourth-order valence-corrected chi connectivity index (χ4v) is 0.795. The van der Waals surface area contributed by atoms with Crippen molar-refractivity contribution >= 4 is 0 Å². The molecule has 2 heteroatoms. The van der Waals surface area contributed by atoms with E-state index in [9.17, 15) is 4.39 Å². The molecule has 0 amide bonds. The highest BCUT2D eigenvalue weighted by Crippen LogP contribution is 2.10. The zero-order valence-corrected chi connectivity index (χ0v) is 5.68. The number of allylic oxidation sites excluding steroid dienone is 5. The summed E-state index contributed by atoms with van der Waals surface area (Å²) in [6.07, 6.45) is 7.16. The van der Waals surface area contributed by atoms with Crippen molar-refractivity contribution < 1.29 is 4.39 Å². The van der Waals surface area contributed by atoms with Crippen LogP contribution in [0.3, 0.4) is 0 Å². The number of halogens is 1. The second-order valence-corrected chi connectivity index (χ2v) is 2.19. The summed E-state index contributed by atoms with van der Waals surface area (Å²) in [6, 6.07) is 0. The molecule has 0 bridgehead atoms. The minimum atomic E-state index is -0.205. The third-order valence-corrected chi connectivity index (χ3v) is 1.40. The van der Waals surface area contributed by atoms with Gasteiger partial charge in [-0.15, -0.1) is 0 Å². The minimum absolute atomic E-state index is 0.205. The van der Waals surface area contributed by atoms with Gasteiger partial charge in [0.25, 0.3) is 0 Å². The van der Waals surface area contributed by atoms with E-state index in [1.807, 2.05) is 0 Å². The van der Waals surface area contributed by atoms with Gasteiger partial charge < -0.3 is 5.73 Å². The highest BCUT2D eigenvalue weighted by atomic mass is 19.1. The predicted molar refractivity (Wildman–Crippen MR) is 40.1 cm³/mol. The van der Waals surface area contributed by atoms with Gasteiger partial charge in [0.1, 0.15) is 5.83 Å². The maximum Gasteiger partial charge on any atom is 0.122 e. The molecule has 1 aliphatic carbocycles. The number of rotatable bonds is 1. The van der Waals surface area contributed by atoms with Crippen LogP contribution >= 0.6 is 0 Å². The van der Waals surface area contributed by atoms with Gasteiger partial charge >= 0.3 is 0 Å². The highest BCUT2D eigenvalue weighted by Gasteiger charge is 1.94.